The Kier molecular flexibility index (Phi) is 4.76. The number of hydrogen-bond donors (Lipinski definition) is 1. The quantitative estimate of drug-likeness (QED) is 0.861. The fraction of sp³-hybridized carbons (Fsp3) is 0.857. The molecule has 2 heterocycles. The molecule has 0 spiro atoms. The van der Waals surface area contributed by atoms with Crippen LogP contribution in [0.1, 0.15) is 45.4 Å². The third kappa shape index (κ3) is 3.07. The molecule has 2 unspecified atom stereocenters. The van der Waals surface area contributed by atoms with Crippen molar-refractivity contribution in [2.75, 3.05) is 18.8 Å². The van der Waals surface area contributed by atoms with Crippen LogP contribution in [0.3, 0.4) is 0 Å². The molecule has 2 atom stereocenters. The molecule has 0 aromatic rings. The number of nitrogens with zero attached hydrogens (tertiary/aromatic N) is 1. The molecule has 2 aliphatic heterocycles. The largest absolute Gasteiger partial charge is 0.481 e. The first-order chi connectivity index (χ1) is 9.09. The summed E-state index contributed by atoms with van der Waals surface area (Å²) < 4.78 is 0. The number of thioether (sulfide) groups is 1. The van der Waals surface area contributed by atoms with Crippen LogP contribution in [-0.4, -0.2) is 46.0 Å². The predicted molar refractivity (Wildman–Crippen MR) is 76.3 cm³/mol. The highest BCUT2D eigenvalue weighted by Gasteiger charge is 2.46. The van der Waals surface area contributed by atoms with E-state index < -0.39 is 11.4 Å². The molecule has 2 saturated heterocycles. The Bertz CT molecular complexity index is 355. The van der Waals surface area contributed by atoms with Crippen LogP contribution >= 0.6 is 11.8 Å². The lowest BCUT2D eigenvalue weighted by Gasteiger charge is -2.28. The van der Waals surface area contributed by atoms with Gasteiger partial charge in [-0.25, -0.2) is 0 Å². The Labute approximate surface area is 118 Å². The van der Waals surface area contributed by atoms with E-state index >= 15 is 0 Å². The van der Waals surface area contributed by atoms with Crippen LogP contribution in [0.15, 0.2) is 0 Å². The molecule has 0 bridgehead atoms. The van der Waals surface area contributed by atoms with Gasteiger partial charge in [-0.15, -0.1) is 11.8 Å². The standard InChI is InChI=1S/C14H23NO3S/c1-2-6-14(13(17)18)7-8-15(10-14)12(16)11-5-3-4-9-19-11/h11H,2-10H2,1H3,(H,17,18). The van der Waals surface area contributed by atoms with Gasteiger partial charge in [-0.05, 0) is 31.4 Å². The number of aliphatic carboxylic acids is 1. The minimum Gasteiger partial charge on any atom is -0.481 e. The fourth-order valence-corrected chi connectivity index (χ4v) is 4.44. The average molecular weight is 285 g/mol. The van der Waals surface area contributed by atoms with Gasteiger partial charge in [-0.3, -0.25) is 9.59 Å². The highest BCUT2D eigenvalue weighted by molar-refractivity contribution is 8.00. The van der Waals surface area contributed by atoms with Crippen molar-refractivity contribution in [3.63, 3.8) is 0 Å². The minimum absolute atomic E-state index is 0.0694. The molecule has 0 radical (unpaired) electrons. The Hall–Kier alpha value is -0.710. The van der Waals surface area contributed by atoms with Gasteiger partial charge >= 0.3 is 5.97 Å². The summed E-state index contributed by atoms with van der Waals surface area (Å²) in [5.74, 6) is 0.494. The number of carbonyl (C=O) groups is 2. The van der Waals surface area contributed by atoms with Crippen LogP contribution < -0.4 is 0 Å². The molecule has 2 rings (SSSR count). The van der Waals surface area contributed by atoms with E-state index in [-0.39, 0.29) is 11.2 Å². The van der Waals surface area contributed by atoms with Gasteiger partial charge in [0.1, 0.15) is 0 Å². The number of likely N-dealkylation sites (tertiary alicyclic amines) is 1. The van der Waals surface area contributed by atoms with Crippen molar-refractivity contribution in [2.45, 2.75) is 50.7 Å². The second-order valence-corrected chi connectivity index (χ2v) is 7.01. The minimum atomic E-state index is -0.735. The summed E-state index contributed by atoms with van der Waals surface area (Å²) in [6, 6.07) is 0. The van der Waals surface area contributed by atoms with E-state index in [1.165, 1.54) is 6.42 Å². The number of rotatable bonds is 4. The molecule has 5 heteroatoms. The number of amides is 1. The van der Waals surface area contributed by atoms with Crippen LogP contribution in [0.4, 0.5) is 0 Å². The van der Waals surface area contributed by atoms with Crippen molar-refractivity contribution in [2.24, 2.45) is 5.41 Å². The van der Waals surface area contributed by atoms with E-state index in [0.717, 1.165) is 25.0 Å². The number of hydrogen-bond acceptors (Lipinski definition) is 3. The van der Waals surface area contributed by atoms with E-state index in [9.17, 15) is 14.7 Å². The Morgan fingerprint density at radius 3 is 2.79 bits per heavy atom. The first-order valence-electron chi connectivity index (χ1n) is 7.23. The predicted octanol–water partition coefficient (Wildman–Crippen LogP) is 2.38. The lowest BCUT2D eigenvalue weighted by atomic mass is 9.83. The van der Waals surface area contributed by atoms with Crippen molar-refractivity contribution in [3.8, 4) is 0 Å². The first-order valence-corrected chi connectivity index (χ1v) is 8.28. The molecule has 19 heavy (non-hydrogen) atoms. The van der Waals surface area contributed by atoms with Gasteiger partial charge in [-0.1, -0.05) is 19.8 Å². The molecule has 1 N–H and O–H groups in total. The molecule has 1 amide bonds. The SMILES string of the molecule is CCCC1(C(=O)O)CCN(C(=O)C2CCCCS2)C1. The van der Waals surface area contributed by atoms with Crippen molar-refractivity contribution in [1.82, 2.24) is 4.90 Å². The van der Waals surface area contributed by atoms with Crippen LogP contribution in [0.5, 0.6) is 0 Å². The normalized spacial score (nSPS) is 31.4. The third-order valence-electron chi connectivity index (χ3n) is 4.30. The van der Waals surface area contributed by atoms with Crippen molar-refractivity contribution in [3.05, 3.63) is 0 Å². The molecule has 4 nitrogen and oxygen atoms in total. The van der Waals surface area contributed by atoms with Gasteiger partial charge in [0, 0.05) is 13.1 Å². The van der Waals surface area contributed by atoms with E-state index in [4.69, 9.17) is 0 Å². The molecule has 2 fully saturated rings. The zero-order valence-corrected chi connectivity index (χ0v) is 12.4. The molecular weight excluding hydrogens is 262 g/mol. The van der Waals surface area contributed by atoms with Gasteiger partial charge in [0.25, 0.3) is 0 Å². The summed E-state index contributed by atoms with van der Waals surface area (Å²) in [6.45, 7) is 3.03. The first kappa shape index (κ1) is 14.7. The number of carboxylic acids is 1. The maximum atomic E-state index is 12.4. The van der Waals surface area contributed by atoms with Crippen LogP contribution in [0.25, 0.3) is 0 Å². The second kappa shape index (κ2) is 6.16. The molecule has 0 saturated carbocycles. The molecule has 0 aromatic carbocycles. The van der Waals surface area contributed by atoms with Crippen molar-refractivity contribution >= 4 is 23.6 Å². The monoisotopic (exact) mass is 285 g/mol. The maximum absolute atomic E-state index is 12.4. The van der Waals surface area contributed by atoms with Crippen LogP contribution in [-0.2, 0) is 9.59 Å². The molecule has 0 aromatic heterocycles. The second-order valence-electron chi connectivity index (χ2n) is 5.70. The molecule has 0 aliphatic carbocycles. The van der Waals surface area contributed by atoms with Gasteiger partial charge < -0.3 is 10.0 Å². The van der Waals surface area contributed by atoms with E-state index in [1.54, 1.807) is 16.7 Å². The topological polar surface area (TPSA) is 57.6 Å². The Morgan fingerprint density at radius 2 is 2.21 bits per heavy atom. The summed E-state index contributed by atoms with van der Waals surface area (Å²) in [7, 11) is 0. The summed E-state index contributed by atoms with van der Waals surface area (Å²) in [5, 5.41) is 9.53. The van der Waals surface area contributed by atoms with Gasteiger partial charge in [0.2, 0.25) is 5.91 Å². The number of carbonyl (C=O) groups excluding carboxylic acids is 1. The van der Waals surface area contributed by atoms with E-state index in [2.05, 4.69) is 0 Å². The summed E-state index contributed by atoms with van der Waals surface area (Å²) in [5.41, 5.74) is -0.691. The highest BCUT2D eigenvalue weighted by Crippen LogP contribution is 2.37. The molecule has 108 valence electrons. The third-order valence-corrected chi connectivity index (χ3v) is 5.67. The van der Waals surface area contributed by atoms with E-state index in [1.807, 2.05) is 6.92 Å². The van der Waals surface area contributed by atoms with Crippen molar-refractivity contribution < 1.29 is 14.7 Å². The maximum Gasteiger partial charge on any atom is 0.311 e. The molecular formula is C14H23NO3S. The van der Waals surface area contributed by atoms with Gasteiger partial charge in [0.15, 0.2) is 0 Å². The summed E-state index contributed by atoms with van der Waals surface area (Å²) in [4.78, 5) is 25.7. The fourth-order valence-electron chi connectivity index (χ4n) is 3.16. The van der Waals surface area contributed by atoms with Crippen LogP contribution in [0, 0.1) is 5.41 Å². The zero-order chi connectivity index (χ0) is 13.9. The number of carboxylic acid groups (broad SMARTS) is 1. The van der Waals surface area contributed by atoms with E-state index in [0.29, 0.717) is 25.9 Å². The lowest BCUT2D eigenvalue weighted by Crippen LogP contribution is -2.41. The summed E-state index contributed by atoms with van der Waals surface area (Å²) >= 11 is 1.74. The lowest BCUT2D eigenvalue weighted by molar-refractivity contribution is -0.149. The summed E-state index contributed by atoms with van der Waals surface area (Å²) in [6.07, 6.45) is 5.41. The van der Waals surface area contributed by atoms with Crippen LogP contribution in [0.2, 0.25) is 0 Å². The Morgan fingerprint density at radius 1 is 1.42 bits per heavy atom. The Balaban J connectivity index is 1.99. The smallest absolute Gasteiger partial charge is 0.311 e. The molecule has 2 aliphatic rings. The highest BCUT2D eigenvalue weighted by atomic mass is 32.2. The van der Waals surface area contributed by atoms with Crippen molar-refractivity contribution in [1.29, 1.82) is 0 Å². The van der Waals surface area contributed by atoms with Gasteiger partial charge in [0.05, 0.1) is 10.7 Å². The zero-order valence-electron chi connectivity index (χ0n) is 11.6. The van der Waals surface area contributed by atoms with Gasteiger partial charge in [-0.2, -0.15) is 0 Å². The average Bonchev–Trinajstić information content (AvgIpc) is 2.85.